The minimum absolute atomic E-state index is 0.218. The first kappa shape index (κ1) is 15.0. The van der Waals surface area contributed by atoms with Gasteiger partial charge in [-0.25, -0.2) is 9.18 Å². The van der Waals surface area contributed by atoms with Crippen LogP contribution in [0.25, 0.3) is 0 Å². The van der Waals surface area contributed by atoms with Crippen LogP contribution in [0, 0.1) is 5.82 Å². The lowest BCUT2D eigenvalue weighted by molar-refractivity contribution is -0.137. The van der Waals surface area contributed by atoms with Gasteiger partial charge in [-0.3, -0.25) is 0 Å². The van der Waals surface area contributed by atoms with Crippen LogP contribution in [0.4, 0.5) is 17.6 Å². The van der Waals surface area contributed by atoms with Gasteiger partial charge >= 0.3 is 12.1 Å². The smallest absolute Gasteiger partial charge is 0.416 e. The van der Waals surface area contributed by atoms with Crippen LogP contribution < -0.4 is 0 Å². The Labute approximate surface area is 118 Å². The highest BCUT2D eigenvalue weighted by atomic mass is 19.4. The molecule has 2 nitrogen and oxygen atoms in total. The summed E-state index contributed by atoms with van der Waals surface area (Å²) in [4.78, 5) is 11.6. The zero-order valence-electron chi connectivity index (χ0n) is 10.7. The molecular weight excluding hydrogens is 288 g/mol. The first-order valence-corrected chi connectivity index (χ1v) is 5.96. The molecule has 0 atom stereocenters. The van der Waals surface area contributed by atoms with Crippen molar-refractivity contribution in [3.05, 3.63) is 71.0 Å². The molecule has 0 heterocycles. The van der Waals surface area contributed by atoms with Crippen molar-refractivity contribution in [2.45, 2.75) is 12.8 Å². The van der Waals surface area contributed by atoms with Gasteiger partial charge in [0, 0.05) is 0 Å². The molecule has 0 saturated carbocycles. The number of rotatable bonds is 3. The second-order valence-electron chi connectivity index (χ2n) is 4.25. The number of carbonyl (C=O) groups excluding carboxylic acids is 1. The van der Waals surface area contributed by atoms with Crippen LogP contribution in [0.2, 0.25) is 0 Å². The predicted octanol–water partition coefficient (Wildman–Crippen LogP) is 4.20. The lowest BCUT2D eigenvalue weighted by Gasteiger charge is -2.08. The number of ether oxygens (including phenoxy) is 1. The summed E-state index contributed by atoms with van der Waals surface area (Å²) < 4.78 is 55.3. The number of hydrogen-bond donors (Lipinski definition) is 0. The predicted molar refractivity (Wildman–Crippen MR) is 67.0 cm³/mol. The summed E-state index contributed by atoms with van der Waals surface area (Å²) in [5, 5.41) is 0. The molecule has 0 fully saturated rings. The fraction of sp³-hybridized carbons (Fsp3) is 0.133. The number of carbonyl (C=O) groups is 1. The normalized spacial score (nSPS) is 11.2. The molecule has 0 aliphatic heterocycles. The SMILES string of the molecule is O=C(OCc1ccc(C(F)(F)F)cc1)c1ccccc1F. The van der Waals surface area contributed by atoms with Crippen LogP contribution in [-0.2, 0) is 17.5 Å². The second kappa shape index (κ2) is 5.95. The van der Waals surface area contributed by atoms with Gasteiger partial charge in [0.2, 0.25) is 0 Å². The van der Waals surface area contributed by atoms with Gasteiger partial charge in [0.05, 0.1) is 11.1 Å². The van der Waals surface area contributed by atoms with Crippen LogP contribution >= 0.6 is 0 Å². The molecule has 0 aliphatic carbocycles. The minimum Gasteiger partial charge on any atom is -0.457 e. The maximum atomic E-state index is 13.3. The van der Waals surface area contributed by atoms with Crippen LogP contribution in [-0.4, -0.2) is 5.97 Å². The highest BCUT2D eigenvalue weighted by Crippen LogP contribution is 2.29. The van der Waals surface area contributed by atoms with Gasteiger partial charge in [-0.1, -0.05) is 24.3 Å². The Kier molecular flexibility index (Phi) is 4.26. The maximum Gasteiger partial charge on any atom is 0.416 e. The van der Waals surface area contributed by atoms with E-state index in [0.717, 1.165) is 18.2 Å². The molecular formula is C15H10F4O2. The molecule has 0 aliphatic rings. The average molecular weight is 298 g/mol. The summed E-state index contributed by atoms with van der Waals surface area (Å²) in [7, 11) is 0. The number of esters is 1. The van der Waals surface area contributed by atoms with Crippen molar-refractivity contribution in [1.82, 2.24) is 0 Å². The van der Waals surface area contributed by atoms with Gasteiger partial charge < -0.3 is 4.74 Å². The Bertz CT molecular complexity index is 633. The van der Waals surface area contributed by atoms with Crippen molar-refractivity contribution in [1.29, 1.82) is 0 Å². The zero-order chi connectivity index (χ0) is 15.5. The van der Waals surface area contributed by atoms with E-state index in [1.54, 1.807) is 0 Å². The fourth-order valence-electron chi connectivity index (χ4n) is 1.64. The Morgan fingerprint density at radius 1 is 1.00 bits per heavy atom. The summed E-state index contributed by atoms with van der Waals surface area (Å²) in [6.07, 6.45) is -4.41. The summed E-state index contributed by atoms with van der Waals surface area (Å²) in [5.74, 6) is -1.58. The molecule has 2 rings (SSSR count). The fourth-order valence-corrected chi connectivity index (χ4v) is 1.64. The Morgan fingerprint density at radius 3 is 2.19 bits per heavy atom. The Morgan fingerprint density at radius 2 is 1.62 bits per heavy atom. The lowest BCUT2D eigenvalue weighted by atomic mass is 10.1. The van der Waals surface area contributed by atoms with E-state index in [1.807, 2.05) is 0 Å². The molecule has 0 radical (unpaired) electrons. The number of hydrogen-bond acceptors (Lipinski definition) is 2. The first-order valence-electron chi connectivity index (χ1n) is 5.96. The monoisotopic (exact) mass is 298 g/mol. The van der Waals surface area contributed by atoms with Crippen molar-refractivity contribution >= 4 is 5.97 Å². The molecule has 0 saturated heterocycles. The molecule has 0 amide bonds. The van der Waals surface area contributed by atoms with E-state index in [0.29, 0.717) is 5.56 Å². The van der Waals surface area contributed by atoms with Crippen LogP contribution in [0.1, 0.15) is 21.5 Å². The minimum atomic E-state index is -4.41. The van der Waals surface area contributed by atoms with Crippen LogP contribution in [0.5, 0.6) is 0 Å². The van der Waals surface area contributed by atoms with Crippen molar-refractivity contribution in [3.63, 3.8) is 0 Å². The van der Waals surface area contributed by atoms with Gasteiger partial charge in [-0.15, -0.1) is 0 Å². The molecule has 2 aromatic carbocycles. The molecule has 0 spiro atoms. The molecule has 2 aromatic rings. The van der Waals surface area contributed by atoms with Gasteiger partial charge in [-0.2, -0.15) is 13.2 Å². The van der Waals surface area contributed by atoms with Crippen molar-refractivity contribution in [2.75, 3.05) is 0 Å². The van der Waals surface area contributed by atoms with E-state index in [2.05, 4.69) is 0 Å². The lowest BCUT2D eigenvalue weighted by Crippen LogP contribution is -2.08. The molecule has 0 unspecified atom stereocenters. The first-order chi connectivity index (χ1) is 9.88. The van der Waals surface area contributed by atoms with E-state index >= 15 is 0 Å². The van der Waals surface area contributed by atoms with Gasteiger partial charge in [0.1, 0.15) is 12.4 Å². The van der Waals surface area contributed by atoms with Crippen molar-refractivity contribution in [3.8, 4) is 0 Å². The Balaban J connectivity index is 2.00. The average Bonchev–Trinajstić information content (AvgIpc) is 2.45. The standard InChI is InChI=1S/C15H10F4O2/c16-13-4-2-1-3-12(13)14(20)21-9-10-5-7-11(8-6-10)15(17,18)19/h1-8H,9H2. The van der Waals surface area contributed by atoms with E-state index in [-0.39, 0.29) is 12.2 Å². The van der Waals surface area contributed by atoms with Crippen LogP contribution in [0.3, 0.4) is 0 Å². The molecule has 21 heavy (non-hydrogen) atoms. The highest BCUT2D eigenvalue weighted by Gasteiger charge is 2.29. The third-order valence-electron chi connectivity index (χ3n) is 2.74. The highest BCUT2D eigenvalue weighted by molar-refractivity contribution is 5.89. The summed E-state index contributed by atoms with van der Waals surface area (Å²) in [6.45, 7) is -0.231. The molecule has 6 heteroatoms. The van der Waals surface area contributed by atoms with Crippen LogP contribution in [0.15, 0.2) is 48.5 Å². The third kappa shape index (κ3) is 3.81. The number of benzene rings is 2. The molecule has 0 bridgehead atoms. The maximum absolute atomic E-state index is 13.3. The van der Waals surface area contributed by atoms with E-state index in [1.165, 1.54) is 30.3 Å². The topological polar surface area (TPSA) is 26.3 Å². The number of halogens is 4. The molecule has 0 aromatic heterocycles. The van der Waals surface area contributed by atoms with Gasteiger partial charge in [0.25, 0.3) is 0 Å². The summed E-state index contributed by atoms with van der Waals surface area (Å²) in [6, 6.07) is 9.51. The Hall–Kier alpha value is -2.37. The third-order valence-corrected chi connectivity index (χ3v) is 2.74. The van der Waals surface area contributed by atoms with Crippen molar-refractivity contribution in [2.24, 2.45) is 0 Å². The van der Waals surface area contributed by atoms with Crippen molar-refractivity contribution < 1.29 is 27.1 Å². The number of alkyl halides is 3. The summed E-state index contributed by atoms with van der Waals surface area (Å²) >= 11 is 0. The molecule has 110 valence electrons. The zero-order valence-corrected chi connectivity index (χ0v) is 10.7. The van der Waals surface area contributed by atoms with Gasteiger partial charge in [-0.05, 0) is 29.8 Å². The van der Waals surface area contributed by atoms with Gasteiger partial charge in [0.15, 0.2) is 0 Å². The largest absolute Gasteiger partial charge is 0.457 e. The summed E-state index contributed by atoms with van der Waals surface area (Å²) in [5.41, 5.74) is -0.621. The van der Waals surface area contributed by atoms with E-state index < -0.39 is 23.5 Å². The second-order valence-corrected chi connectivity index (χ2v) is 4.25. The quantitative estimate of drug-likeness (QED) is 0.627. The van der Waals surface area contributed by atoms with E-state index in [9.17, 15) is 22.4 Å². The molecule has 0 N–H and O–H groups in total. The van der Waals surface area contributed by atoms with E-state index in [4.69, 9.17) is 4.74 Å².